The fraction of sp³-hybridized carbons (Fsp3) is 0.474. The molecule has 0 bridgehead atoms. The number of benzene rings is 1. The van der Waals surface area contributed by atoms with Gasteiger partial charge in [-0.15, -0.1) is 0 Å². The lowest BCUT2D eigenvalue weighted by atomic mass is 9.85. The van der Waals surface area contributed by atoms with Crippen LogP contribution in [-0.4, -0.2) is 58.2 Å². The minimum absolute atomic E-state index is 0.0835. The fourth-order valence-corrected chi connectivity index (χ4v) is 3.50. The quantitative estimate of drug-likeness (QED) is 0.888. The summed E-state index contributed by atoms with van der Waals surface area (Å²) in [7, 11) is 5.44. The molecule has 1 aromatic heterocycles. The maximum Gasteiger partial charge on any atom is 0.247 e. The average Bonchev–Trinajstić information content (AvgIpc) is 3.02. The maximum atomic E-state index is 13.1. The van der Waals surface area contributed by atoms with E-state index < -0.39 is 5.54 Å². The van der Waals surface area contributed by atoms with Crippen LogP contribution in [0.1, 0.15) is 18.4 Å². The highest BCUT2D eigenvalue weighted by Gasteiger charge is 2.42. The molecule has 0 radical (unpaired) electrons. The molecule has 140 valence electrons. The number of hydrogen-bond acceptors (Lipinski definition) is 4. The van der Waals surface area contributed by atoms with Crippen LogP contribution < -0.4 is 5.32 Å². The Morgan fingerprint density at radius 2 is 1.88 bits per heavy atom. The van der Waals surface area contributed by atoms with E-state index in [1.165, 1.54) is 12.1 Å². The number of rotatable bonds is 5. The summed E-state index contributed by atoms with van der Waals surface area (Å²) >= 11 is 0. The van der Waals surface area contributed by atoms with E-state index >= 15 is 0 Å². The number of likely N-dealkylation sites (tertiary alicyclic amines) is 1. The lowest BCUT2D eigenvalue weighted by Gasteiger charge is -2.42. The Bertz CT molecular complexity index is 748. The minimum atomic E-state index is -0.628. The number of likely N-dealkylation sites (N-methyl/N-ethyl adjacent to an activating group) is 1. The van der Waals surface area contributed by atoms with E-state index in [0.29, 0.717) is 12.8 Å². The number of nitrogens with zero attached hydrogens (tertiary/aromatic N) is 4. The van der Waals surface area contributed by atoms with Gasteiger partial charge >= 0.3 is 0 Å². The molecular formula is C19H26FN5O. The molecular weight excluding hydrogens is 333 g/mol. The second-order valence-corrected chi connectivity index (χ2v) is 7.15. The topological polar surface area (TPSA) is 53.4 Å². The minimum Gasteiger partial charge on any atom is -0.356 e. The number of aromatic nitrogens is 2. The summed E-state index contributed by atoms with van der Waals surface area (Å²) in [6, 6.07) is 8.49. The summed E-state index contributed by atoms with van der Waals surface area (Å²) in [6.07, 6.45) is 3.13. The van der Waals surface area contributed by atoms with Gasteiger partial charge < -0.3 is 10.2 Å². The van der Waals surface area contributed by atoms with Gasteiger partial charge in [-0.25, -0.2) is 4.39 Å². The van der Waals surface area contributed by atoms with E-state index in [4.69, 9.17) is 0 Å². The van der Waals surface area contributed by atoms with Gasteiger partial charge in [-0.2, -0.15) is 5.10 Å². The fourth-order valence-electron chi connectivity index (χ4n) is 3.50. The Kier molecular flexibility index (Phi) is 5.27. The molecule has 6 nitrogen and oxygen atoms in total. The number of hydrogen-bond donors (Lipinski definition) is 1. The van der Waals surface area contributed by atoms with Crippen LogP contribution in [0.15, 0.2) is 36.5 Å². The summed E-state index contributed by atoms with van der Waals surface area (Å²) in [6.45, 7) is 2.35. The number of carbonyl (C=O) groups is 1. The summed E-state index contributed by atoms with van der Waals surface area (Å²) in [5.41, 5.74) is 0.453. The van der Waals surface area contributed by atoms with Crippen LogP contribution >= 0.6 is 0 Å². The number of nitrogens with one attached hydrogen (secondary N) is 1. The molecule has 1 aliphatic rings. The molecule has 0 spiro atoms. The van der Waals surface area contributed by atoms with Crippen molar-refractivity contribution in [3.8, 4) is 0 Å². The summed E-state index contributed by atoms with van der Waals surface area (Å²) in [5, 5.41) is 7.63. The van der Waals surface area contributed by atoms with Gasteiger partial charge in [-0.1, -0.05) is 12.1 Å². The van der Waals surface area contributed by atoms with Gasteiger partial charge in [0.2, 0.25) is 5.91 Å². The Morgan fingerprint density at radius 3 is 2.42 bits per heavy atom. The van der Waals surface area contributed by atoms with Gasteiger partial charge in [0.15, 0.2) is 0 Å². The van der Waals surface area contributed by atoms with Crippen LogP contribution in [-0.2, 0) is 18.4 Å². The summed E-state index contributed by atoms with van der Waals surface area (Å²) in [4.78, 5) is 16.9. The van der Waals surface area contributed by atoms with Crippen LogP contribution in [0.2, 0.25) is 0 Å². The van der Waals surface area contributed by atoms with Crippen LogP contribution in [0.25, 0.3) is 0 Å². The molecule has 1 amide bonds. The molecule has 7 heteroatoms. The molecule has 3 rings (SSSR count). The number of carbonyl (C=O) groups excluding carboxylic acids is 1. The molecule has 1 fully saturated rings. The van der Waals surface area contributed by atoms with E-state index in [0.717, 1.165) is 31.0 Å². The van der Waals surface area contributed by atoms with E-state index in [9.17, 15) is 9.18 Å². The maximum absolute atomic E-state index is 13.1. The third kappa shape index (κ3) is 3.88. The van der Waals surface area contributed by atoms with Crippen molar-refractivity contribution in [1.82, 2.24) is 19.6 Å². The molecule has 0 aliphatic carbocycles. The van der Waals surface area contributed by atoms with E-state index in [1.54, 1.807) is 29.9 Å². The van der Waals surface area contributed by atoms with Gasteiger partial charge in [0.25, 0.3) is 0 Å². The molecule has 26 heavy (non-hydrogen) atoms. The van der Waals surface area contributed by atoms with Gasteiger partial charge in [0, 0.05) is 46.8 Å². The highest BCUT2D eigenvalue weighted by molar-refractivity contribution is 5.89. The third-order valence-corrected chi connectivity index (χ3v) is 5.03. The molecule has 0 atom stereocenters. The van der Waals surface area contributed by atoms with Crippen LogP contribution in [0, 0.1) is 5.82 Å². The first kappa shape index (κ1) is 18.4. The van der Waals surface area contributed by atoms with Crippen molar-refractivity contribution in [2.75, 3.05) is 32.5 Å². The number of aryl methyl sites for hydroxylation is 1. The first-order valence-electron chi connectivity index (χ1n) is 8.84. The zero-order chi connectivity index (χ0) is 18.7. The zero-order valence-electron chi connectivity index (χ0n) is 15.6. The zero-order valence-corrected chi connectivity index (χ0v) is 15.6. The van der Waals surface area contributed by atoms with E-state index in [1.807, 2.05) is 25.2 Å². The monoisotopic (exact) mass is 359 g/mol. The van der Waals surface area contributed by atoms with Crippen molar-refractivity contribution in [3.63, 3.8) is 0 Å². The molecule has 0 unspecified atom stereocenters. The lowest BCUT2D eigenvalue weighted by Crippen LogP contribution is -2.58. The largest absolute Gasteiger partial charge is 0.356 e. The van der Waals surface area contributed by atoms with Crippen molar-refractivity contribution >= 4 is 11.7 Å². The van der Waals surface area contributed by atoms with Crippen molar-refractivity contribution < 1.29 is 9.18 Å². The second-order valence-electron chi connectivity index (χ2n) is 7.15. The van der Waals surface area contributed by atoms with Gasteiger partial charge in [0.1, 0.15) is 17.2 Å². The van der Waals surface area contributed by atoms with Crippen molar-refractivity contribution in [2.24, 2.45) is 7.05 Å². The third-order valence-electron chi connectivity index (χ3n) is 5.03. The number of halogens is 1. The smallest absolute Gasteiger partial charge is 0.247 e. The van der Waals surface area contributed by atoms with Gasteiger partial charge in [0.05, 0.1) is 6.20 Å². The lowest BCUT2D eigenvalue weighted by molar-refractivity contribution is -0.135. The first-order chi connectivity index (χ1) is 12.4. The van der Waals surface area contributed by atoms with Gasteiger partial charge in [-0.05, 0) is 30.5 Å². The average molecular weight is 359 g/mol. The highest BCUT2D eigenvalue weighted by Crippen LogP contribution is 2.29. The highest BCUT2D eigenvalue weighted by atomic mass is 19.1. The predicted molar refractivity (Wildman–Crippen MR) is 99.2 cm³/mol. The van der Waals surface area contributed by atoms with Crippen LogP contribution in [0.5, 0.6) is 0 Å². The molecule has 1 aliphatic heterocycles. The number of amides is 1. The Balaban J connectivity index is 1.71. The van der Waals surface area contributed by atoms with Crippen molar-refractivity contribution in [3.05, 3.63) is 47.9 Å². The van der Waals surface area contributed by atoms with E-state index in [2.05, 4.69) is 15.3 Å². The molecule has 1 aromatic carbocycles. The van der Waals surface area contributed by atoms with Gasteiger partial charge in [-0.3, -0.25) is 14.4 Å². The summed E-state index contributed by atoms with van der Waals surface area (Å²) in [5.74, 6) is 0.704. The normalized spacial score (nSPS) is 17.1. The van der Waals surface area contributed by atoms with Crippen molar-refractivity contribution in [1.29, 1.82) is 0 Å². The molecule has 2 heterocycles. The predicted octanol–water partition coefficient (Wildman–Crippen LogP) is 2.09. The Morgan fingerprint density at radius 1 is 1.23 bits per heavy atom. The summed E-state index contributed by atoms with van der Waals surface area (Å²) < 4.78 is 14.8. The Hall–Kier alpha value is -2.41. The van der Waals surface area contributed by atoms with E-state index in [-0.39, 0.29) is 11.7 Å². The number of piperidine rings is 1. The Labute approximate surface area is 153 Å². The first-order valence-corrected chi connectivity index (χ1v) is 8.84. The number of anilines is 1. The molecule has 2 aromatic rings. The molecule has 0 saturated carbocycles. The van der Waals surface area contributed by atoms with Crippen LogP contribution in [0.4, 0.5) is 10.2 Å². The molecule has 1 N–H and O–H groups in total. The van der Waals surface area contributed by atoms with Crippen molar-refractivity contribution in [2.45, 2.75) is 24.9 Å². The standard InChI is InChI=1S/C19H26FN5O/c1-23(2)18(26)19(22-17-8-11-21-24(17)3)9-12-25(13-10-19)14-15-4-6-16(20)7-5-15/h4-8,11,22H,9-10,12-14H2,1-3H3. The second kappa shape index (κ2) is 7.45. The van der Waals surface area contributed by atoms with Crippen LogP contribution in [0.3, 0.4) is 0 Å². The SMILES string of the molecule is CN(C)C(=O)C1(Nc2ccnn2C)CCN(Cc2ccc(F)cc2)CC1. The molecule has 1 saturated heterocycles.